The van der Waals surface area contributed by atoms with Crippen molar-refractivity contribution >= 4 is 15.7 Å². The molecule has 0 aliphatic carbocycles. The van der Waals surface area contributed by atoms with E-state index in [1.54, 1.807) is 4.90 Å². The van der Waals surface area contributed by atoms with E-state index >= 15 is 0 Å². The highest BCUT2D eigenvalue weighted by atomic mass is 32.2. The normalized spacial score (nSPS) is 18.6. The van der Waals surface area contributed by atoms with Gasteiger partial charge in [-0.05, 0) is 47.1 Å². The molecule has 2 aromatic rings. The van der Waals surface area contributed by atoms with Gasteiger partial charge in [-0.25, -0.2) is 8.42 Å². The lowest BCUT2D eigenvalue weighted by Gasteiger charge is -2.29. The Morgan fingerprint density at radius 3 is 2.07 bits per heavy atom. The Morgan fingerprint density at radius 1 is 1.00 bits per heavy atom. The Morgan fingerprint density at radius 2 is 1.59 bits per heavy atom. The lowest BCUT2D eigenvalue weighted by molar-refractivity contribution is 0.0681. The predicted octanol–water partition coefficient (Wildman–Crippen LogP) is 4.38. The van der Waals surface area contributed by atoms with Crippen LogP contribution in [0.25, 0.3) is 0 Å². The molecule has 0 bridgehead atoms. The van der Waals surface area contributed by atoms with Crippen molar-refractivity contribution in [3.8, 4) is 0 Å². The van der Waals surface area contributed by atoms with Crippen molar-refractivity contribution in [3.05, 3.63) is 70.8 Å². The number of rotatable bonds is 5. The first-order valence-corrected chi connectivity index (χ1v) is 12.1. The minimum Gasteiger partial charge on any atom is -0.330 e. The van der Waals surface area contributed by atoms with E-state index in [1.165, 1.54) is 11.1 Å². The van der Waals surface area contributed by atoms with Crippen LogP contribution in [0.3, 0.4) is 0 Å². The smallest absolute Gasteiger partial charge is 0.254 e. The summed E-state index contributed by atoms with van der Waals surface area (Å²) in [4.78, 5) is 15.1. The van der Waals surface area contributed by atoms with E-state index < -0.39 is 9.84 Å². The molecule has 1 amide bonds. The minimum absolute atomic E-state index is 0.0157. The standard InChI is InChI=1S/C24H31NO3S/c1-5-18-6-8-19(9-7-18)16-25(22-14-15-29(27,28)17-22)23(26)20-10-12-21(13-11-20)24(2,3)4/h6-13,22H,5,14-17H2,1-4H3/t22-/m0/s1. The molecular weight excluding hydrogens is 382 g/mol. The third-order valence-electron chi connectivity index (χ3n) is 5.69. The molecule has 1 atom stereocenters. The fourth-order valence-electron chi connectivity index (χ4n) is 3.74. The second kappa shape index (κ2) is 8.31. The summed E-state index contributed by atoms with van der Waals surface area (Å²) in [6.07, 6.45) is 1.46. The summed E-state index contributed by atoms with van der Waals surface area (Å²) in [5, 5.41) is 0. The first-order valence-electron chi connectivity index (χ1n) is 10.3. The topological polar surface area (TPSA) is 54.5 Å². The highest BCUT2D eigenvalue weighted by Gasteiger charge is 2.35. The lowest BCUT2D eigenvalue weighted by atomic mass is 9.86. The molecule has 0 aromatic heterocycles. The molecule has 29 heavy (non-hydrogen) atoms. The lowest BCUT2D eigenvalue weighted by Crippen LogP contribution is -2.40. The molecule has 0 N–H and O–H groups in total. The largest absolute Gasteiger partial charge is 0.330 e. The maximum atomic E-state index is 13.4. The Hall–Kier alpha value is -2.14. The van der Waals surface area contributed by atoms with Crippen LogP contribution in [-0.4, -0.2) is 36.8 Å². The van der Waals surface area contributed by atoms with Crippen molar-refractivity contribution in [2.75, 3.05) is 11.5 Å². The molecule has 1 fully saturated rings. The molecule has 1 heterocycles. The molecule has 0 unspecified atom stereocenters. The van der Waals surface area contributed by atoms with E-state index in [2.05, 4.69) is 39.8 Å². The van der Waals surface area contributed by atoms with Gasteiger partial charge in [0.05, 0.1) is 11.5 Å². The summed E-state index contributed by atoms with van der Waals surface area (Å²) in [6, 6.07) is 15.6. The van der Waals surface area contributed by atoms with E-state index in [4.69, 9.17) is 0 Å². The molecule has 5 heteroatoms. The summed E-state index contributed by atoms with van der Waals surface area (Å²) in [5.74, 6) is 0.0949. The molecule has 0 radical (unpaired) electrons. The predicted molar refractivity (Wildman–Crippen MR) is 118 cm³/mol. The van der Waals surface area contributed by atoms with Gasteiger partial charge in [0, 0.05) is 18.2 Å². The van der Waals surface area contributed by atoms with Gasteiger partial charge in [-0.3, -0.25) is 4.79 Å². The van der Waals surface area contributed by atoms with Crippen molar-refractivity contribution in [2.24, 2.45) is 0 Å². The number of hydrogen-bond donors (Lipinski definition) is 0. The van der Waals surface area contributed by atoms with Crippen LogP contribution in [0.2, 0.25) is 0 Å². The van der Waals surface area contributed by atoms with E-state index in [0.29, 0.717) is 18.5 Å². The van der Waals surface area contributed by atoms with Gasteiger partial charge in [0.15, 0.2) is 9.84 Å². The summed E-state index contributed by atoms with van der Waals surface area (Å²) in [6.45, 7) is 8.94. The van der Waals surface area contributed by atoms with Crippen LogP contribution >= 0.6 is 0 Å². The zero-order valence-electron chi connectivity index (χ0n) is 17.8. The second-order valence-electron chi connectivity index (χ2n) is 8.99. The van der Waals surface area contributed by atoms with E-state index in [0.717, 1.165) is 12.0 Å². The molecular formula is C24H31NO3S. The van der Waals surface area contributed by atoms with Crippen molar-refractivity contribution in [1.82, 2.24) is 4.90 Å². The van der Waals surface area contributed by atoms with Crippen molar-refractivity contribution < 1.29 is 13.2 Å². The first kappa shape index (κ1) is 21.6. The summed E-state index contributed by atoms with van der Waals surface area (Å²) < 4.78 is 24.1. The van der Waals surface area contributed by atoms with Crippen molar-refractivity contribution in [3.63, 3.8) is 0 Å². The number of amides is 1. The van der Waals surface area contributed by atoms with E-state index in [9.17, 15) is 13.2 Å². The number of sulfone groups is 1. The third kappa shape index (κ3) is 5.27. The molecule has 1 aliphatic heterocycles. The van der Waals surface area contributed by atoms with Crippen LogP contribution in [0.15, 0.2) is 48.5 Å². The molecule has 0 saturated carbocycles. The van der Waals surface area contributed by atoms with Gasteiger partial charge in [-0.15, -0.1) is 0 Å². The maximum absolute atomic E-state index is 13.4. The van der Waals surface area contributed by atoms with Crippen molar-refractivity contribution in [1.29, 1.82) is 0 Å². The van der Waals surface area contributed by atoms with E-state index in [1.807, 2.05) is 36.4 Å². The van der Waals surface area contributed by atoms with E-state index in [-0.39, 0.29) is 28.9 Å². The van der Waals surface area contributed by atoms with Crippen molar-refractivity contribution in [2.45, 2.75) is 58.5 Å². The number of carbonyl (C=O) groups excluding carboxylic acids is 1. The number of nitrogens with zero attached hydrogens (tertiary/aromatic N) is 1. The zero-order chi connectivity index (χ0) is 21.2. The summed E-state index contributed by atoms with van der Waals surface area (Å²) in [5.41, 5.74) is 4.05. The fraction of sp³-hybridized carbons (Fsp3) is 0.458. The van der Waals surface area contributed by atoms with Crippen LogP contribution in [-0.2, 0) is 28.2 Å². The van der Waals surface area contributed by atoms with Crippen LogP contribution in [0, 0.1) is 0 Å². The molecule has 2 aromatic carbocycles. The zero-order valence-corrected chi connectivity index (χ0v) is 18.6. The van der Waals surface area contributed by atoms with Gasteiger partial charge in [0.1, 0.15) is 0 Å². The molecule has 156 valence electrons. The van der Waals surface area contributed by atoms with Gasteiger partial charge in [-0.2, -0.15) is 0 Å². The molecule has 3 rings (SSSR count). The highest BCUT2D eigenvalue weighted by Crippen LogP contribution is 2.25. The fourth-order valence-corrected chi connectivity index (χ4v) is 5.47. The third-order valence-corrected chi connectivity index (χ3v) is 7.44. The van der Waals surface area contributed by atoms with Gasteiger partial charge in [0.2, 0.25) is 0 Å². The van der Waals surface area contributed by atoms with Gasteiger partial charge < -0.3 is 4.90 Å². The summed E-state index contributed by atoms with van der Waals surface area (Å²) >= 11 is 0. The first-order chi connectivity index (χ1) is 13.6. The SMILES string of the molecule is CCc1ccc(CN(C(=O)c2ccc(C(C)(C)C)cc2)[C@H]2CCS(=O)(=O)C2)cc1. The number of carbonyl (C=O) groups is 1. The summed E-state index contributed by atoms with van der Waals surface area (Å²) in [7, 11) is -3.08. The minimum atomic E-state index is -3.08. The van der Waals surface area contributed by atoms with Gasteiger partial charge >= 0.3 is 0 Å². The Labute approximate surface area is 174 Å². The Kier molecular flexibility index (Phi) is 6.18. The number of hydrogen-bond acceptors (Lipinski definition) is 3. The van der Waals surface area contributed by atoms with Crippen LogP contribution in [0.5, 0.6) is 0 Å². The average Bonchev–Trinajstić information content (AvgIpc) is 3.05. The monoisotopic (exact) mass is 413 g/mol. The van der Waals surface area contributed by atoms with Crippen LogP contribution < -0.4 is 0 Å². The molecule has 1 saturated heterocycles. The number of benzene rings is 2. The molecule has 0 spiro atoms. The quantitative estimate of drug-likeness (QED) is 0.731. The number of aryl methyl sites for hydroxylation is 1. The highest BCUT2D eigenvalue weighted by molar-refractivity contribution is 7.91. The maximum Gasteiger partial charge on any atom is 0.254 e. The van der Waals surface area contributed by atoms with Gasteiger partial charge in [-0.1, -0.05) is 64.1 Å². The molecule has 1 aliphatic rings. The average molecular weight is 414 g/mol. The Bertz CT molecular complexity index is 955. The second-order valence-corrected chi connectivity index (χ2v) is 11.2. The van der Waals surface area contributed by atoms with Gasteiger partial charge in [0.25, 0.3) is 5.91 Å². The van der Waals surface area contributed by atoms with Crippen LogP contribution in [0.1, 0.15) is 61.2 Å². The molecule has 4 nitrogen and oxygen atoms in total. The van der Waals surface area contributed by atoms with Crippen LogP contribution in [0.4, 0.5) is 0 Å². The Balaban J connectivity index is 1.88.